The van der Waals surface area contributed by atoms with E-state index in [0.717, 1.165) is 12.4 Å². The van der Waals surface area contributed by atoms with Gasteiger partial charge in [-0.15, -0.1) is 0 Å². The predicted molar refractivity (Wildman–Crippen MR) is 59.9 cm³/mol. The van der Waals surface area contributed by atoms with Crippen molar-refractivity contribution >= 4 is 0 Å². The Morgan fingerprint density at radius 1 is 1.33 bits per heavy atom. The Balaban J connectivity index is 2.02. The fourth-order valence-corrected chi connectivity index (χ4v) is 2.09. The van der Waals surface area contributed by atoms with Crippen molar-refractivity contribution in [2.45, 2.75) is 25.8 Å². The number of ether oxygens (including phenoxy) is 1. The number of hydrogen-bond acceptors (Lipinski definition) is 3. The van der Waals surface area contributed by atoms with Crippen LogP contribution in [0.2, 0.25) is 0 Å². The Morgan fingerprint density at radius 2 is 2.13 bits per heavy atom. The van der Waals surface area contributed by atoms with Crippen LogP contribution in [0.5, 0.6) is 5.88 Å². The van der Waals surface area contributed by atoms with Crippen LogP contribution in [0.4, 0.5) is 0 Å². The van der Waals surface area contributed by atoms with E-state index in [1.807, 2.05) is 6.07 Å². The van der Waals surface area contributed by atoms with Gasteiger partial charge in [-0.3, -0.25) is 4.90 Å². The van der Waals surface area contributed by atoms with Gasteiger partial charge in [0, 0.05) is 18.3 Å². The number of hydrogen-bond donors (Lipinski definition) is 0. The molecule has 0 aromatic carbocycles. The van der Waals surface area contributed by atoms with Gasteiger partial charge in [0.05, 0.1) is 7.11 Å². The summed E-state index contributed by atoms with van der Waals surface area (Å²) in [4.78, 5) is 6.69. The van der Waals surface area contributed by atoms with E-state index >= 15 is 0 Å². The molecule has 1 aromatic heterocycles. The zero-order valence-electron chi connectivity index (χ0n) is 9.28. The van der Waals surface area contributed by atoms with Crippen molar-refractivity contribution in [1.82, 2.24) is 9.88 Å². The normalized spacial score (nSPS) is 17.7. The summed E-state index contributed by atoms with van der Waals surface area (Å²) in [6.45, 7) is 3.38. The van der Waals surface area contributed by atoms with Gasteiger partial charge in [-0.2, -0.15) is 0 Å². The second kappa shape index (κ2) is 5.12. The summed E-state index contributed by atoms with van der Waals surface area (Å²) in [5.74, 6) is 0.767. The number of nitrogens with zero attached hydrogens (tertiary/aromatic N) is 2. The minimum Gasteiger partial charge on any atom is -0.481 e. The summed E-state index contributed by atoms with van der Waals surface area (Å²) in [7, 11) is 1.68. The molecule has 3 heteroatoms. The summed E-state index contributed by atoms with van der Waals surface area (Å²) < 4.78 is 5.25. The zero-order valence-corrected chi connectivity index (χ0v) is 9.28. The molecule has 0 radical (unpaired) electrons. The lowest BCUT2D eigenvalue weighted by atomic mass is 10.1. The smallest absolute Gasteiger partial charge is 0.217 e. The van der Waals surface area contributed by atoms with E-state index in [9.17, 15) is 0 Å². The molecule has 1 aromatic rings. The molecule has 1 aliphatic heterocycles. The van der Waals surface area contributed by atoms with Crippen molar-refractivity contribution in [2.24, 2.45) is 0 Å². The van der Waals surface area contributed by atoms with Gasteiger partial charge >= 0.3 is 0 Å². The average molecular weight is 206 g/mol. The second-order valence-electron chi connectivity index (χ2n) is 4.01. The van der Waals surface area contributed by atoms with Crippen LogP contribution in [0, 0.1) is 0 Å². The summed E-state index contributed by atoms with van der Waals surface area (Å²) in [6.07, 6.45) is 5.80. The minimum absolute atomic E-state index is 0.767. The van der Waals surface area contributed by atoms with Gasteiger partial charge in [0.15, 0.2) is 0 Å². The van der Waals surface area contributed by atoms with Crippen molar-refractivity contribution in [3.05, 3.63) is 23.9 Å². The lowest BCUT2D eigenvalue weighted by Crippen LogP contribution is -2.29. The highest BCUT2D eigenvalue weighted by molar-refractivity contribution is 5.25. The van der Waals surface area contributed by atoms with E-state index in [-0.39, 0.29) is 0 Å². The summed E-state index contributed by atoms with van der Waals surface area (Å²) >= 11 is 0. The molecule has 3 nitrogen and oxygen atoms in total. The Labute approximate surface area is 91.1 Å². The second-order valence-corrected chi connectivity index (χ2v) is 4.01. The van der Waals surface area contributed by atoms with E-state index in [1.54, 1.807) is 13.3 Å². The Hall–Kier alpha value is -1.09. The Kier molecular flexibility index (Phi) is 3.56. The fraction of sp³-hybridized carbons (Fsp3) is 0.583. The van der Waals surface area contributed by atoms with Gasteiger partial charge in [0.1, 0.15) is 0 Å². The van der Waals surface area contributed by atoms with Crippen LogP contribution in [-0.4, -0.2) is 30.1 Å². The molecule has 1 fully saturated rings. The summed E-state index contributed by atoms with van der Waals surface area (Å²) in [6, 6.07) is 4.07. The van der Waals surface area contributed by atoms with Crippen LogP contribution in [0.3, 0.4) is 0 Å². The van der Waals surface area contributed by atoms with Gasteiger partial charge in [-0.25, -0.2) is 4.98 Å². The van der Waals surface area contributed by atoms with Gasteiger partial charge < -0.3 is 4.74 Å². The maximum absolute atomic E-state index is 5.25. The Morgan fingerprint density at radius 3 is 2.87 bits per heavy atom. The number of piperidine rings is 1. The third-order valence-corrected chi connectivity index (χ3v) is 2.89. The SMILES string of the molecule is COc1ncccc1CN1CCCCC1. The molecule has 82 valence electrons. The molecule has 0 unspecified atom stereocenters. The molecular weight excluding hydrogens is 188 g/mol. The highest BCUT2D eigenvalue weighted by atomic mass is 16.5. The lowest BCUT2D eigenvalue weighted by Gasteiger charge is -2.26. The minimum atomic E-state index is 0.767. The maximum Gasteiger partial charge on any atom is 0.217 e. The number of pyridine rings is 1. The van der Waals surface area contributed by atoms with Crippen molar-refractivity contribution in [1.29, 1.82) is 0 Å². The first-order valence-corrected chi connectivity index (χ1v) is 5.60. The predicted octanol–water partition coefficient (Wildman–Crippen LogP) is 2.08. The zero-order chi connectivity index (χ0) is 10.5. The first kappa shape index (κ1) is 10.4. The third kappa shape index (κ3) is 2.69. The van der Waals surface area contributed by atoms with Crippen LogP contribution in [-0.2, 0) is 6.54 Å². The van der Waals surface area contributed by atoms with Gasteiger partial charge in [-0.1, -0.05) is 12.5 Å². The molecule has 0 N–H and O–H groups in total. The number of rotatable bonds is 3. The summed E-state index contributed by atoms with van der Waals surface area (Å²) in [5, 5.41) is 0. The number of aromatic nitrogens is 1. The standard InChI is InChI=1S/C12H18N2O/c1-15-12-11(6-5-7-13-12)10-14-8-3-2-4-9-14/h5-7H,2-4,8-10H2,1H3. The molecule has 0 atom stereocenters. The highest BCUT2D eigenvalue weighted by Crippen LogP contribution is 2.18. The van der Waals surface area contributed by atoms with Crippen LogP contribution >= 0.6 is 0 Å². The van der Waals surface area contributed by atoms with E-state index in [4.69, 9.17) is 4.74 Å². The van der Waals surface area contributed by atoms with E-state index < -0.39 is 0 Å². The largest absolute Gasteiger partial charge is 0.481 e. The highest BCUT2D eigenvalue weighted by Gasteiger charge is 2.12. The van der Waals surface area contributed by atoms with Crippen molar-refractivity contribution in [3.8, 4) is 5.88 Å². The van der Waals surface area contributed by atoms with Crippen LogP contribution in [0.15, 0.2) is 18.3 Å². The van der Waals surface area contributed by atoms with Crippen LogP contribution < -0.4 is 4.74 Å². The van der Waals surface area contributed by atoms with Crippen molar-refractivity contribution < 1.29 is 4.74 Å². The summed E-state index contributed by atoms with van der Waals surface area (Å²) in [5.41, 5.74) is 1.20. The van der Waals surface area contributed by atoms with E-state index in [2.05, 4.69) is 16.0 Å². The molecule has 0 saturated carbocycles. The Bertz CT molecular complexity index is 308. The lowest BCUT2D eigenvalue weighted by molar-refractivity contribution is 0.217. The molecular formula is C12H18N2O. The monoisotopic (exact) mass is 206 g/mol. The first-order chi connectivity index (χ1) is 7.40. The molecule has 0 bridgehead atoms. The quantitative estimate of drug-likeness (QED) is 0.757. The van der Waals surface area contributed by atoms with E-state index in [1.165, 1.54) is 37.9 Å². The van der Waals surface area contributed by atoms with Crippen molar-refractivity contribution in [2.75, 3.05) is 20.2 Å². The average Bonchev–Trinajstić information content (AvgIpc) is 2.31. The van der Waals surface area contributed by atoms with Gasteiger partial charge in [0.2, 0.25) is 5.88 Å². The molecule has 2 heterocycles. The molecule has 15 heavy (non-hydrogen) atoms. The van der Waals surface area contributed by atoms with Gasteiger partial charge in [0.25, 0.3) is 0 Å². The number of likely N-dealkylation sites (tertiary alicyclic amines) is 1. The fourth-order valence-electron chi connectivity index (χ4n) is 2.09. The maximum atomic E-state index is 5.25. The van der Waals surface area contributed by atoms with Crippen LogP contribution in [0.1, 0.15) is 24.8 Å². The molecule has 0 amide bonds. The molecule has 1 saturated heterocycles. The third-order valence-electron chi connectivity index (χ3n) is 2.89. The molecule has 2 rings (SSSR count). The van der Waals surface area contributed by atoms with Crippen LogP contribution in [0.25, 0.3) is 0 Å². The number of methoxy groups -OCH3 is 1. The van der Waals surface area contributed by atoms with E-state index in [0.29, 0.717) is 0 Å². The molecule has 0 aliphatic carbocycles. The first-order valence-electron chi connectivity index (χ1n) is 5.60. The molecule has 0 spiro atoms. The van der Waals surface area contributed by atoms with Crippen molar-refractivity contribution in [3.63, 3.8) is 0 Å². The van der Waals surface area contributed by atoms with Gasteiger partial charge in [-0.05, 0) is 32.0 Å². The topological polar surface area (TPSA) is 25.4 Å². The molecule has 1 aliphatic rings.